The van der Waals surface area contributed by atoms with E-state index in [9.17, 15) is 13.2 Å². The summed E-state index contributed by atoms with van der Waals surface area (Å²) in [5.41, 5.74) is 1.87. The summed E-state index contributed by atoms with van der Waals surface area (Å²) < 4.78 is 35.5. The number of nitrogens with zero attached hydrogens (tertiary/aromatic N) is 1. The number of rotatable bonds is 6. The third-order valence-electron chi connectivity index (χ3n) is 3.98. The number of aryl methyl sites for hydroxylation is 1. The number of ether oxygens (including phenoxy) is 2. The average molecular weight is 378 g/mol. The minimum atomic E-state index is -3.58. The first-order valence-corrected chi connectivity index (χ1v) is 9.60. The molecule has 7 nitrogen and oxygen atoms in total. The van der Waals surface area contributed by atoms with Gasteiger partial charge < -0.3 is 14.8 Å². The third-order valence-corrected chi connectivity index (χ3v) is 5.17. The Morgan fingerprint density at radius 1 is 1.08 bits per heavy atom. The van der Waals surface area contributed by atoms with Gasteiger partial charge in [0, 0.05) is 18.8 Å². The number of benzene rings is 2. The molecule has 2 aromatic carbocycles. The van der Waals surface area contributed by atoms with Gasteiger partial charge in [0.25, 0.3) is 5.91 Å². The van der Waals surface area contributed by atoms with Crippen molar-refractivity contribution in [3.63, 3.8) is 0 Å². The highest BCUT2D eigenvalue weighted by atomic mass is 32.2. The smallest absolute Gasteiger partial charge is 0.257 e. The van der Waals surface area contributed by atoms with Crippen LogP contribution in [0.1, 0.15) is 15.9 Å². The van der Waals surface area contributed by atoms with Crippen molar-refractivity contribution in [2.45, 2.75) is 6.92 Å². The fourth-order valence-corrected chi connectivity index (χ4v) is 2.90. The van der Waals surface area contributed by atoms with Crippen LogP contribution in [0.4, 0.5) is 11.4 Å². The van der Waals surface area contributed by atoms with Crippen LogP contribution in [0.5, 0.6) is 11.5 Å². The highest BCUT2D eigenvalue weighted by Crippen LogP contribution is 2.36. The second kappa shape index (κ2) is 7.65. The second-order valence-electron chi connectivity index (χ2n) is 5.72. The van der Waals surface area contributed by atoms with Crippen LogP contribution in [0, 0.1) is 6.92 Å². The maximum atomic E-state index is 12.9. The van der Waals surface area contributed by atoms with Crippen LogP contribution in [-0.4, -0.2) is 41.8 Å². The number of para-hydroxylation sites is 1. The number of hydrogen-bond acceptors (Lipinski definition) is 5. The highest BCUT2D eigenvalue weighted by Gasteiger charge is 2.23. The number of carbonyl (C=O) groups excluding carboxylic acids is 1. The van der Waals surface area contributed by atoms with Gasteiger partial charge in [0.15, 0.2) is 11.5 Å². The lowest BCUT2D eigenvalue weighted by Gasteiger charge is -2.22. The molecule has 0 aromatic heterocycles. The molecule has 1 N–H and O–H groups in total. The van der Waals surface area contributed by atoms with Gasteiger partial charge in [0.05, 0.1) is 31.7 Å². The van der Waals surface area contributed by atoms with Crippen molar-refractivity contribution in [3.05, 3.63) is 47.5 Å². The molecule has 140 valence electrons. The van der Waals surface area contributed by atoms with E-state index >= 15 is 0 Å². The summed E-state index contributed by atoms with van der Waals surface area (Å²) in [7, 11) is 0.681. The summed E-state index contributed by atoms with van der Waals surface area (Å²) >= 11 is 0. The molecule has 0 radical (unpaired) electrons. The molecule has 0 unspecified atom stereocenters. The Morgan fingerprint density at radius 3 is 2.19 bits per heavy atom. The van der Waals surface area contributed by atoms with Crippen LogP contribution in [0.15, 0.2) is 36.4 Å². The maximum Gasteiger partial charge on any atom is 0.257 e. The Kier molecular flexibility index (Phi) is 5.76. The van der Waals surface area contributed by atoms with E-state index in [0.717, 1.165) is 16.1 Å². The van der Waals surface area contributed by atoms with Gasteiger partial charge in [-0.05, 0) is 24.6 Å². The fraction of sp³-hybridized carbons (Fsp3) is 0.278. The average Bonchev–Trinajstić information content (AvgIpc) is 2.60. The maximum absolute atomic E-state index is 12.9. The molecule has 0 aliphatic rings. The first kappa shape index (κ1) is 19.6. The number of hydrogen-bond donors (Lipinski definition) is 1. The molecule has 0 saturated carbocycles. The van der Waals surface area contributed by atoms with E-state index in [1.807, 2.05) is 19.1 Å². The van der Waals surface area contributed by atoms with Crippen molar-refractivity contribution in [2.24, 2.45) is 0 Å². The molecule has 0 aliphatic carbocycles. The molecular formula is C18H22N2O5S. The predicted molar refractivity (Wildman–Crippen MR) is 102 cm³/mol. The summed E-state index contributed by atoms with van der Waals surface area (Å²) in [6.45, 7) is 1.87. The van der Waals surface area contributed by atoms with Gasteiger partial charge in [-0.15, -0.1) is 0 Å². The molecule has 2 aromatic rings. The van der Waals surface area contributed by atoms with Gasteiger partial charge in [0.2, 0.25) is 10.0 Å². The van der Waals surface area contributed by atoms with Gasteiger partial charge in [-0.2, -0.15) is 0 Å². The summed E-state index contributed by atoms with van der Waals surface area (Å²) in [6.07, 6.45) is 1.06. The summed E-state index contributed by atoms with van der Waals surface area (Å²) in [5, 5.41) is 2.81. The van der Waals surface area contributed by atoms with E-state index < -0.39 is 15.9 Å². The fourth-order valence-electron chi connectivity index (χ4n) is 2.39. The SMILES string of the molecule is COc1cc(C(=O)Nc2ccccc2C)c(N(C)S(C)(=O)=O)cc1OC. The lowest BCUT2D eigenvalue weighted by atomic mass is 10.1. The minimum Gasteiger partial charge on any atom is -0.493 e. The summed E-state index contributed by atoms with van der Waals surface area (Å²) in [5.74, 6) is 0.198. The quantitative estimate of drug-likeness (QED) is 0.835. The zero-order valence-electron chi connectivity index (χ0n) is 15.4. The molecule has 0 fully saturated rings. The normalized spacial score (nSPS) is 11.0. The molecule has 26 heavy (non-hydrogen) atoms. The van der Waals surface area contributed by atoms with Crippen LogP contribution in [-0.2, 0) is 10.0 Å². The topological polar surface area (TPSA) is 84.9 Å². The van der Waals surface area contributed by atoms with E-state index in [2.05, 4.69) is 5.32 Å². The van der Waals surface area contributed by atoms with Crippen LogP contribution in [0.2, 0.25) is 0 Å². The molecule has 0 atom stereocenters. The number of amides is 1. The Balaban J connectivity index is 2.57. The first-order valence-electron chi connectivity index (χ1n) is 7.76. The van der Waals surface area contributed by atoms with Crippen molar-refractivity contribution < 1.29 is 22.7 Å². The molecule has 0 bridgehead atoms. The van der Waals surface area contributed by atoms with Gasteiger partial charge in [-0.25, -0.2) is 8.42 Å². The first-order chi connectivity index (χ1) is 12.2. The van der Waals surface area contributed by atoms with E-state index in [4.69, 9.17) is 9.47 Å². The molecule has 0 aliphatic heterocycles. The Hall–Kier alpha value is -2.74. The van der Waals surface area contributed by atoms with Crippen LogP contribution >= 0.6 is 0 Å². The number of methoxy groups -OCH3 is 2. The van der Waals surface area contributed by atoms with Crippen molar-refractivity contribution >= 4 is 27.3 Å². The van der Waals surface area contributed by atoms with Crippen molar-refractivity contribution in [1.29, 1.82) is 0 Å². The summed E-state index contributed by atoms with van der Waals surface area (Å²) in [6, 6.07) is 10.2. The molecule has 0 heterocycles. The molecule has 2 rings (SSSR count). The number of carbonyl (C=O) groups is 1. The molecule has 8 heteroatoms. The van der Waals surface area contributed by atoms with Crippen LogP contribution < -0.4 is 19.1 Å². The standard InChI is InChI=1S/C18H22N2O5S/c1-12-8-6-7-9-14(12)19-18(21)13-10-16(24-3)17(25-4)11-15(13)20(2)26(5,22)23/h6-11H,1-5H3,(H,19,21). The Morgan fingerprint density at radius 2 is 1.65 bits per heavy atom. The van der Waals surface area contributed by atoms with Gasteiger partial charge in [0.1, 0.15) is 0 Å². The van der Waals surface area contributed by atoms with Crippen molar-refractivity contribution in [2.75, 3.05) is 37.1 Å². The van der Waals surface area contributed by atoms with Crippen molar-refractivity contribution in [3.8, 4) is 11.5 Å². The molecular weight excluding hydrogens is 356 g/mol. The monoisotopic (exact) mass is 378 g/mol. The van der Waals surface area contributed by atoms with E-state index in [0.29, 0.717) is 17.2 Å². The third kappa shape index (κ3) is 4.08. The van der Waals surface area contributed by atoms with E-state index in [1.54, 1.807) is 12.1 Å². The largest absolute Gasteiger partial charge is 0.493 e. The zero-order valence-corrected chi connectivity index (χ0v) is 16.2. The minimum absolute atomic E-state index is 0.152. The Bertz CT molecular complexity index is 925. The van der Waals surface area contributed by atoms with Gasteiger partial charge in [-0.1, -0.05) is 18.2 Å². The van der Waals surface area contributed by atoms with E-state index in [-0.39, 0.29) is 11.3 Å². The highest BCUT2D eigenvalue weighted by molar-refractivity contribution is 7.92. The molecule has 0 spiro atoms. The van der Waals surface area contributed by atoms with Gasteiger partial charge in [-0.3, -0.25) is 9.10 Å². The predicted octanol–water partition coefficient (Wildman–Crippen LogP) is 2.66. The second-order valence-corrected chi connectivity index (χ2v) is 7.74. The van der Waals surface area contributed by atoms with Crippen LogP contribution in [0.25, 0.3) is 0 Å². The zero-order chi connectivity index (χ0) is 19.5. The molecule has 1 amide bonds. The Labute approximate surface area is 153 Å². The van der Waals surface area contributed by atoms with Crippen molar-refractivity contribution in [1.82, 2.24) is 0 Å². The summed E-state index contributed by atoms with van der Waals surface area (Å²) in [4.78, 5) is 12.9. The lowest BCUT2D eigenvalue weighted by Crippen LogP contribution is -2.28. The van der Waals surface area contributed by atoms with E-state index in [1.165, 1.54) is 33.4 Å². The number of nitrogens with one attached hydrogen (secondary N) is 1. The molecule has 0 saturated heterocycles. The lowest BCUT2D eigenvalue weighted by molar-refractivity contribution is 0.102. The number of anilines is 2. The number of sulfonamides is 1. The van der Waals surface area contributed by atoms with Gasteiger partial charge >= 0.3 is 0 Å². The van der Waals surface area contributed by atoms with Crippen LogP contribution in [0.3, 0.4) is 0 Å².